The molecular formula is C10H19N3O5. The highest BCUT2D eigenvalue weighted by Gasteiger charge is 2.20. The van der Waals surface area contributed by atoms with Crippen LogP contribution in [0.4, 0.5) is 9.59 Å². The molecule has 1 atom stereocenters. The number of carboxylic acids is 1. The van der Waals surface area contributed by atoms with Crippen LogP contribution in [0.15, 0.2) is 0 Å². The van der Waals surface area contributed by atoms with Crippen LogP contribution >= 0.6 is 0 Å². The molecule has 3 amide bonds. The second-order valence-corrected chi connectivity index (χ2v) is 4.09. The van der Waals surface area contributed by atoms with Gasteiger partial charge in [0.15, 0.2) is 0 Å². The van der Waals surface area contributed by atoms with Gasteiger partial charge in [-0.3, -0.25) is 0 Å². The average Bonchev–Trinajstić information content (AvgIpc) is 2.22. The van der Waals surface area contributed by atoms with E-state index in [0.29, 0.717) is 6.42 Å². The predicted molar refractivity (Wildman–Crippen MR) is 62.9 cm³/mol. The largest absolute Gasteiger partial charge is 0.480 e. The molecule has 0 unspecified atom stereocenters. The summed E-state index contributed by atoms with van der Waals surface area (Å²) in [5.74, 6) is -0.947. The lowest BCUT2D eigenvalue weighted by Crippen LogP contribution is -2.47. The lowest BCUT2D eigenvalue weighted by atomic mass is 10.0. The number of hydrogen-bond acceptors (Lipinski definition) is 4. The van der Waals surface area contributed by atoms with E-state index < -0.39 is 24.1 Å². The van der Waals surface area contributed by atoms with Crippen LogP contribution in [0, 0.1) is 5.92 Å². The minimum atomic E-state index is -1.09. The van der Waals surface area contributed by atoms with E-state index in [1.165, 1.54) is 0 Å². The summed E-state index contributed by atoms with van der Waals surface area (Å²) in [4.78, 5) is 32.4. The van der Waals surface area contributed by atoms with Gasteiger partial charge in [0.2, 0.25) is 0 Å². The fourth-order valence-corrected chi connectivity index (χ4v) is 1.22. The molecular weight excluding hydrogens is 242 g/mol. The number of rotatable bonds is 7. The third kappa shape index (κ3) is 8.20. The number of nitrogens with one attached hydrogen (secondary N) is 2. The van der Waals surface area contributed by atoms with Gasteiger partial charge in [0.25, 0.3) is 0 Å². The second-order valence-electron chi connectivity index (χ2n) is 4.09. The Balaban J connectivity index is 3.95. The van der Waals surface area contributed by atoms with E-state index >= 15 is 0 Å². The fourth-order valence-electron chi connectivity index (χ4n) is 1.22. The highest BCUT2D eigenvalue weighted by atomic mass is 16.5. The Morgan fingerprint density at radius 2 is 1.94 bits per heavy atom. The molecule has 8 nitrogen and oxygen atoms in total. The third-order valence-electron chi connectivity index (χ3n) is 1.94. The fraction of sp³-hybridized carbons (Fsp3) is 0.700. The maximum atomic E-state index is 11.3. The van der Waals surface area contributed by atoms with Gasteiger partial charge in [-0.05, 0) is 12.3 Å². The maximum absolute atomic E-state index is 11.3. The van der Waals surface area contributed by atoms with E-state index in [9.17, 15) is 14.4 Å². The summed E-state index contributed by atoms with van der Waals surface area (Å²) in [6.45, 7) is 3.71. The zero-order chi connectivity index (χ0) is 14.1. The number of urea groups is 1. The van der Waals surface area contributed by atoms with Crippen LogP contribution in [-0.2, 0) is 9.53 Å². The molecule has 0 fully saturated rings. The van der Waals surface area contributed by atoms with E-state index in [4.69, 9.17) is 10.8 Å². The Morgan fingerprint density at radius 3 is 2.39 bits per heavy atom. The number of amides is 3. The van der Waals surface area contributed by atoms with E-state index in [0.717, 1.165) is 0 Å². The molecule has 8 heteroatoms. The molecule has 5 N–H and O–H groups in total. The number of hydrogen-bond donors (Lipinski definition) is 4. The zero-order valence-electron chi connectivity index (χ0n) is 10.4. The van der Waals surface area contributed by atoms with E-state index in [1.54, 1.807) is 0 Å². The zero-order valence-corrected chi connectivity index (χ0v) is 10.4. The highest BCUT2D eigenvalue weighted by molar-refractivity contribution is 5.82. The third-order valence-corrected chi connectivity index (χ3v) is 1.94. The number of primary amides is 1. The summed E-state index contributed by atoms with van der Waals surface area (Å²) in [6, 6.07) is -1.57. The number of carboxylic acid groups (broad SMARTS) is 1. The van der Waals surface area contributed by atoms with Crippen molar-refractivity contribution in [3.63, 3.8) is 0 Å². The van der Waals surface area contributed by atoms with Gasteiger partial charge in [0.05, 0.1) is 6.54 Å². The summed E-state index contributed by atoms with van der Waals surface area (Å²) >= 11 is 0. The number of carbonyl (C=O) groups excluding carboxylic acids is 2. The molecule has 0 rings (SSSR count). The van der Waals surface area contributed by atoms with Crippen molar-refractivity contribution in [1.29, 1.82) is 0 Å². The van der Waals surface area contributed by atoms with Crippen molar-refractivity contribution in [3.8, 4) is 0 Å². The molecule has 0 aromatic rings. The molecule has 0 aliphatic rings. The molecule has 0 aliphatic heterocycles. The monoisotopic (exact) mass is 261 g/mol. The molecule has 0 bridgehead atoms. The standard InChI is InChI=1S/C10H19N3O5/c1-6(2)5-7(8(14)15)13-10(17)12-3-4-18-9(11)16/h6-7H,3-5H2,1-2H3,(H2,11,16)(H,14,15)(H2,12,13,17)/t7-/m1/s1. The van der Waals surface area contributed by atoms with Crippen LogP contribution in [0.1, 0.15) is 20.3 Å². The van der Waals surface area contributed by atoms with Gasteiger partial charge in [-0.15, -0.1) is 0 Å². The van der Waals surface area contributed by atoms with E-state index in [2.05, 4.69) is 15.4 Å². The Labute approximate surface area is 105 Å². The SMILES string of the molecule is CC(C)C[C@@H](NC(=O)NCCOC(N)=O)C(=O)O. The summed E-state index contributed by atoms with van der Waals surface area (Å²) < 4.78 is 4.39. The molecule has 0 aliphatic carbocycles. The number of ether oxygens (including phenoxy) is 1. The van der Waals surface area contributed by atoms with Gasteiger partial charge in [0.1, 0.15) is 12.6 Å². The Kier molecular flexibility index (Phi) is 7.25. The number of nitrogens with two attached hydrogens (primary N) is 1. The molecule has 0 spiro atoms. The van der Waals surface area contributed by atoms with Gasteiger partial charge in [-0.1, -0.05) is 13.8 Å². The van der Waals surface area contributed by atoms with E-state index in [-0.39, 0.29) is 19.1 Å². The minimum Gasteiger partial charge on any atom is -0.480 e. The van der Waals surface area contributed by atoms with Crippen LogP contribution in [0.2, 0.25) is 0 Å². The van der Waals surface area contributed by atoms with Crippen LogP contribution < -0.4 is 16.4 Å². The van der Waals surface area contributed by atoms with Crippen molar-refractivity contribution >= 4 is 18.1 Å². The second kappa shape index (κ2) is 8.15. The molecule has 0 saturated carbocycles. The Hall–Kier alpha value is -1.99. The summed E-state index contributed by atoms with van der Waals surface area (Å²) in [7, 11) is 0. The van der Waals surface area contributed by atoms with Gasteiger partial charge in [0, 0.05) is 0 Å². The van der Waals surface area contributed by atoms with Crippen LogP contribution in [0.5, 0.6) is 0 Å². The highest BCUT2D eigenvalue weighted by Crippen LogP contribution is 2.04. The lowest BCUT2D eigenvalue weighted by molar-refractivity contribution is -0.139. The van der Waals surface area contributed by atoms with Gasteiger partial charge in [-0.2, -0.15) is 0 Å². The first kappa shape index (κ1) is 16.0. The van der Waals surface area contributed by atoms with Gasteiger partial charge >= 0.3 is 18.1 Å². The van der Waals surface area contributed by atoms with Gasteiger partial charge < -0.3 is 26.2 Å². The number of aliphatic carboxylic acids is 1. The average molecular weight is 261 g/mol. The van der Waals surface area contributed by atoms with Crippen molar-refractivity contribution in [2.75, 3.05) is 13.2 Å². The van der Waals surface area contributed by atoms with Crippen LogP contribution in [0.25, 0.3) is 0 Å². The normalized spacial score (nSPS) is 11.7. The molecule has 0 aromatic carbocycles. The molecule has 104 valence electrons. The first-order chi connectivity index (χ1) is 8.32. The van der Waals surface area contributed by atoms with Crippen molar-refractivity contribution in [2.24, 2.45) is 11.7 Å². The Morgan fingerprint density at radius 1 is 1.33 bits per heavy atom. The smallest absolute Gasteiger partial charge is 0.404 e. The van der Waals surface area contributed by atoms with Crippen molar-refractivity contribution < 1.29 is 24.2 Å². The summed E-state index contributed by atoms with van der Waals surface area (Å²) in [6.07, 6.45) is -0.596. The van der Waals surface area contributed by atoms with Crippen molar-refractivity contribution in [2.45, 2.75) is 26.3 Å². The van der Waals surface area contributed by atoms with Gasteiger partial charge in [-0.25, -0.2) is 14.4 Å². The van der Waals surface area contributed by atoms with E-state index in [1.807, 2.05) is 13.8 Å². The Bertz CT molecular complexity index is 306. The molecule has 0 aromatic heterocycles. The quantitative estimate of drug-likeness (QED) is 0.474. The van der Waals surface area contributed by atoms with Crippen molar-refractivity contribution in [3.05, 3.63) is 0 Å². The van der Waals surface area contributed by atoms with Crippen LogP contribution in [0.3, 0.4) is 0 Å². The molecule has 0 radical (unpaired) electrons. The topological polar surface area (TPSA) is 131 Å². The number of carbonyl (C=O) groups is 3. The summed E-state index contributed by atoms with van der Waals surface area (Å²) in [5, 5.41) is 13.6. The first-order valence-corrected chi connectivity index (χ1v) is 5.52. The molecule has 0 heterocycles. The molecule has 18 heavy (non-hydrogen) atoms. The first-order valence-electron chi connectivity index (χ1n) is 5.52. The lowest BCUT2D eigenvalue weighted by Gasteiger charge is -2.16. The predicted octanol–water partition coefficient (Wildman–Crippen LogP) is -0.120. The maximum Gasteiger partial charge on any atom is 0.404 e. The minimum absolute atomic E-state index is 0.0583. The summed E-state index contributed by atoms with van der Waals surface area (Å²) in [5.41, 5.74) is 4.72. The van der Waals surface area contributed by atoms with Crippen LogP contribution in [-0.4, -0.2) is 42.4 Å². The van der Waals surface area contributed by atoms with Crippen molar-refractivity contribution in [1.82, 2.24) is 10.6 Å². The molecule has 0 saturated heterocycles.